The number of anilines is 1. The Labute approximate surface area is 186 Å². The number of carbonyl (C=O) groups excluding carboxylic acids is 1. The van der Waals surface area contributed by atoms with E-state index in [1.165, 1.54) is 24.9 Å². The van der Waals surface area contributed by atoms with Crippen LogP contribution in [0.15, 0.2) is 35.9 Å². The number of allylic oxidation sites excluding steroid dienone is 1. The van der Waals surface area contributed by atoms with E-state index in [1.54, 1.807) is 12.7 Å². The van der Waals surface area contributed by atoms with Crippen LogP contribution in [0.1, 0.15) is 39.5 Å². The van der Waals surface area contributed by atoms with Gasteiger partial charge in [0.1, 0.15) is 11.9 Å². The Morgan fingerprint density at radius 2 is 1.90 bits per heavy atom. The Kier molecular flexibility index (Phi) is 5.49. The van der Waals surface area contributed by atoms with Crippen LogP contribution in [-0.4, -0.2) is 56.8 Å². The molecule has 2 saturated heterocycles. The van der Waals surface area contributed by atoms with Crippen LogP contribution < -0.4 is 9.64 Å². The maximum absolute atomic E-state index is 12.9. The van der Waals surface area contributed by atoms with Crippen molar-refractivity contribution in [1.29, 1.82) is 0 Å². The van der Waals surface area contributed by atoms with Gasteiger partial charge in [-0.15, -0.1) is 0 Å². The highest BCUT2D eigenvalue weighted by Crippen LogP contribution is 2.54. The lowest BCUT2D eigenvalue weighted by molar-refractivity contribution is -0.145. The lowest BCUT2D eigenvalue weighted by atomic mass is 9.59. The van der Waals surface area contributed by atoms with E-state index in [0.29, 0.717) is 5.92 Å². The molecule has 2 aliphatic heterocycles. The first-order chi connectivity index (χ1) is 15.0. The van der Waals surface area contributed by atoms with Crippen LogP contribution in [0, 0.1) is 23.2 Å². The van der Waals surface area contributed by atoms with Crippen molar-refractivity contribution in [3.05, 3.63) is 35.9 Å². The minimum absolute atomic E-state index is 0.0105. The number of piperazine rings is 1. The predicted octanol–water partition coefficient (Wildman–Crippen LogP) is 4.13. The van der Waals surface area contributed by atoms with Crippen molar-refractivity contribution in [2.24, 2.45) is 23.2 Å². The number of esters is 1. The standard InChI is InChI=1S/C26H36N2O3/c1-18-5-4-10-26(2)16-24-21(15-23(18)26)22(25(29)31-24)17-27-11-13-28(14-12-27)19-6-8-20(30-3)9-7-19/h6-9,15,18,21-22,24H,4-5,10-14,16-17H2,1-3H3/t18-,21+,22?,24+,26+/m0/s1. The Morgan fingerprint density at radius 1 is 1.16 bits per heavy atom. The first-order valence-corrected chi connectivity index (χ1v) is 12.0. The number of fused-ring (bicyclic) bond motifs is 2. The normalized spacial score (nSPS) is 35.8. The number of rotatable bonds is 4. The van der Waals surface area contributed by atoms with E-state index in [9.17, 15) is 4.79 Å². The number of nitrogens with zero attached hydrogens (tertiary/aromatic N) is 2. The Balaban J connectivity index is 1.24. The molecule has 2 heterocycles. The van der Waals surface area contributed by atoms with Crippen molar-refractivity contribution in [3.63, 3.8) is 0 Å². The molecule has 0 spiro atoms. The Hall–Kier alpha value is -2.01. The molecule has 1 aromatic carbocycles. The first-order valence-electron chi connectivity index (χ1n) is 12.0. The molecule has 2 aliphatic carbocycles. The number of methoxy groups -OCH3 is 1. The molecule has 1 saturated carbocycles. The second-order valence-electron chi connectivity index (χ2n) is 10.3. The van der Waals surface area contributed by atoms with Crippen molar-refractivity contribution >= 4 is 11.7 Å². The molecule has 1 unspecified atom stereocenters. The van der Waals surface area contributed by atoms with Gasteiger partial charge in [-0.1, -0.05) is 31.9 Å². The van der Waals surface area contributed by atoms with Crippen LogP contribution in [0.4, 0.5) is 5.69 Å². The van der Waals surface area contributed by atoms with E-state index in [2.05, 4.69) is 41.9 Å². The third kappa shape index (κ3) is 3.86. The van der Waals surface area contributed by atoms with Crippen LogP contribution in [0.5, 0.6) is 5.75 Å². The quantitative estimate of drug-likeness (QED) is 0.537. The summed E-state index contributed by atoms with van der Waals surface area (Å²) >= 11 is 0. The van der Waals surface area contributed by atoms with Crippen molar-refractivity contribution in [2.45, 2.75) is 45.6 Å². The van der Waals surface area contributed by atoms with Crippen LogP contribution >= 0.6 is 0 Å². The third-order valence-corrected chi connectivity index (χ3v) is 8.35. The van der Waals surface area contributed by atoms with E-state index in [4.69, 9.17) is 9.47 Å². The second-order valence-corrected chi connectivity index (χ2v) is 10.3. The minimum Gasteiger partial charge on any atom is -0.497 e. The fraction of sp³-hybridized carbons (Fsp3) is 0.654. The highest BCUT2D eigenvalue weighted by atomic mass is 16.6. The summed E-state index contributed by atoms with van der Waals surface area (Å²) in [4.78, 5) is 17.7. The average Bonchev–Trinajstić information content (AvgIpc) is 3.06. The van der Waals surface area contributed by atoms with Gasteiger partial charge >= 0.3 is 5.97 Å². The van der Waals surface area contributed by atoms with Gasteiger partial charge in [0, 0.05) is 44.3 Å². The topological polar surface area (TPSA) is 42.0 Å². The zero-order valence-corrected chi connectivity index (χ0v) is 19.2. The molecule has 0 aromatic heterocycles. The van der Waals surface area contributed by atoms with Crippen molar-refractivity contribution in [2.75, 3.05) is 44.7 Å². The molecular weight excluding hydrogens is 388 g/mol. The molecule has 4 aliphatic rings. The molecule has 5 atom stereocenters. The number of benzene rings is 1. The molecule has 31 heavy (non-hydrogen) atoms. The molecule has 0 N–H and O–H groups in total. The van der Waals surface area contributed by atoms with Crippen LogP contribution in [0.25, 0.3) is 0 Å². The zero-order chi connectivity index (χ0) is 21.6. The van der Waals surface area contributed by atoms with Gasteiger partial charge in [0.2, 0.25) is 0 Å². The van der Waals surface area contributed by atoms with Gasteiger partial charge in [-0.2, -0.15) is 0 Å². The molecule has 5 nitrogen and oxygen atoms in total. The summed E-state index contributed by atoms with van der Waals surface area (Å²) in [6.07, 6.45) is 7.38. The Morgan fingerprint density at radius 3 is 2.61 bits per heavy atom. The Bertz CT molecular complexity index is 843. The molecule has 5 rings (SSSR count). The van der Waals surface area contributed by atoms with Gasteiger partial charge in [-0.25, -0.2) is 0 Å². The summed E-state index contributed by atoms with van der Waals surface area (Å²) in [5, 5.41) is 0. The van der Waals surface area contributed by atoms with Gasteiger partial charge in [-0.05, 0) is 54.9 Å². The zero-order valence-electron chi connectivity index (χ0n) is 19.2. The maximum atomic E-state index is 12.9. The van der Waals surface area contributed by atoms with Crippen molar-refractivity contribution in [3.8, 4) is 5.75 Å². The highest BCUT2D eigenvalue weighted by Gasteiger charge is 2.52. The fourth-order valence-corrected chi connectivity index (χ4v) is 6.52. The molecule has 0 amide bonds. The summed E-state index contributed by atoms with van der Waals surface area (Å²) in [5.74, 6) is 1.81. The van der Waals surface area contributed by atoms with Crippen molar-refractivity contribution < 1.29 is 14.3 Å². The summed E-state index contributed by atoms with van der Waals surface area (Å²) in [5.41, 5.74) is 3.08. The summed E-state index contributed by atoms with van der Waals surface area (Å²) in [6, 6.07) is 8.30. The largest absolute Gasteiger partial charge is 0.497 e. The highest BCUT2D eigenvalue weighted by molar-refractivity contribution is 5.76. The van der Waals surface area contributed by atoms with E-state index >= 15 is 0 Å². The van der Waals surface area contributed by atoms with Gasteiger partial charge < -0.3 is 14.4 Å². The van der Waals surface area contributed by atoms with Crippen molar-refractivity contribution in [1.82, 2.24) is 4.90 Å². The smallest absolute Gasteiger partial charge is 0.311 e. The number of hydrogen-bond acceptors (Lipinski definition) is 5. The van der Waals surface area contributed by atoms with Gasteiger partial charge in [0.15, 0.2) is 0 Å². The van der Waals surface area contributed by atoms with E-state index in [1.807, 2.05) is 12.1 Å². The third-order valence-electron chi connectivity index (χ3n) is 8.35. The fourth-order valence-electron chi connectivity index (χ4n) is 6.52. The number of ether oxygens (including phenoxy) is 2. The molecule has 1 aromatic rings. The minimum atomic E-state index is -0.0105. The predicted molar refractivity (Wildman–Crippen MR) is 122 cm³/mol. The summed E-state index contributed by atoms with van der Waals surface area (Å²) in [6.45, 7) is 9.52. The van der Waals surface area contributed by atoms with E-state index < -0.39 is 0 Å². The number of carbonyl (C=O) groups is 1. The lowest BCUT2D eigenvalue weighted by Gasteiger charge is -2.46. The first kappa shape index (κ1) is 20.9. The maximum Gasteiger partial charge on any atom is 0.311 e. The lowest BCUT2D eigenvalue weighted by Crippen LogP contribution is -2.49. The monoisotopic (exact) mass is 424 g/mol. The average molecular weight is 425 g/mol. The van der Waals surface area contributed by atoms with Gasteiger partial charge in [0.25, 0.3) is 0 Å². The van der Waals surface area contributed by atoms with E-state index in [-0.39, 0.29) is 29.3 Å². The van der Waals surface area contributed by atoms with Crippen LogP contribution in [-0.2, 0) is 9.53 Å². The molecule has 3 fully saturated rings. The molecular formula is C26H36N2O3. The molecule has 5 heteroatoms. The van der Waals surface area contributed by atoms with Crippen LogP contribution in [0.3, 0.4) is 0 Å². The second kappa shape index (κ2) is 8.16. The van der Waals surface area contributed by atoms with Crippen LogP contribution in [0.2, 0.25) is 0 Å². The van der Waals surface area contributed by atoms with Gasteiger partial charge in [0.05, 0.1) is 13.0 Å². The molecule has 168 valence electrons. The molecule has 0 bridgehead atoms. The SMILES string of the molecule is COc1ccc(N2CCN(CC3C(=O)O[C@@H]4C[C@@]5(C)CCC[C@H](C)C5=C[C@H]34)CC2)cc1. The van der Waals surface area contributed by atoms with E-state index in [0.717, 1.165) is 44.9 Å². The number of hydrogen-bond donors (Lipinski definition) is 0. The summed E-state index contributed by atoms with van der Waals surface area (Å²) in [7, 11) is 1.70. The molecule has 0 radical (unpaired) electrons. The summed E-state index contributed by atoms with van der Waals surface area (Å²) < 4.78 is 11.2. The van der Waals surface area contributed by atoms with Gasteiger partial charge in [-0.3, -0.25) is 9.69 Å².